The molecule has 0 atom stereocenters. The number of fused-ring (bicyclic) bond motifs is 1. The fourth-order valence-corrected chi connectivity index (χ4v) is 4.93. The highest BCUT2D eigenvalue weighted by Crippen LogP contribution is 2.29. The SMILES string of the molecule is COc1ccc(NC(=O)Cn2nc(-c3ccc(C)c(S(=O)(=O)N(C)C)c3)c3ccccc3c2=O)cc1. The third-order valence-corrected chi connectivity index (χ3v) is 7.71. The third kappa shape index (κ3) is 4.86. The fraction of sp³-hybridized carbons (Fsp3) is 0.192. The van der Waals surface area contributed by atoms with Crippen LogP contribution in [0.25, 0.3) is 22.0 Å². The van der Waals surface area contributed by atoms with Gasteiger partial charge in [-0.2, -0.15) is 5.10 Å². The summed E-state index contributed by atoms with van der Waals surface area (Å²) in [6.07, 6.45) is 0. The first-order valence-electron chi connectivity index (χ1n) is 11.1. The van der Waals surface area contributed by atoms with Crippen LogP contribution in [0.5, 0.6) is 5.75 Å². The van der Waals surface area contributed by atoms with Gasteiger partial charge in [-0.3, -0.25) is 9.59 Å². The quantitative estimate of drug-likeness (QED) is 0.412. The van der Waals surface area contributed by atoms with Crippen molar-refractivity contribution in [2.75, 3.05) is 26.5 Å². The topological polar surface area (TPSA) is 111 Å². The minimum atomic E-state index is -3.70. The van der Waals surface area contributed by atoms with Crippen LogP contribution in [0.15, 0.2) is 76.4 Å². The highest BCUT2D eigenvalue weighted by molar-refractivity contribution is 7.89. The number of hydrogen-bond donors (Lipinski definition) is 1. The number of benzene rings is 3. The van der Waals surface area contributed by atoms with Gasteiger partial charge in [-0.1, -0.05) is 30.3 Å². The maximum atomic E-state index is 13.2. The molecule has 10 heteroatoms. The van der Waals surface area contributed by atoms with E-state index in [2.05, 4.69) is 10.4 Å². The summed E-state index contributed by atoms with van der Waals surface area (Å²) in [5.41, 5.74) is 1.63. The van der Waals surface area contributed by atoms with Crippen LogP contribution >= 0.6 is 0 Å². The van der Waals surface area contributed by atoms with Gasteiger partial charge in [-0.05, 0) is 48.9 Å². The van der Waals surface area contributed by atoms with Crippen molar-refractivity contribution in [1.29, 1.82) is 0 Å². The molecule has 0 aliphatic rings. The number of carbonyl (C=O) groups excluding carboxylic acids is 1. The first-order valence-corrected chi connectivity index (χ1v) is 12.5. The maximum absolute atomic E-state index is 13.2. The second kappa shape index (κ2) is 9.92. The van der Waals surface area contributed by atoms with Gasteiger partial charge in [0, 0.05) is 30.7 Å². The summed E-state index contributed by atoms with van der Waals surface area (Å²) in [6, 6.07) is 18.7. The lowest BCUT2D eigenvalue weighted by Gasteiger charge is -2.16. The summed E-state index contributed by atoms with van der Waals surface area (Å²) >= 11 is 0. The zero-order valence-corrected chi connectivity index (χ0v) is 21.2. The molecule has 1 heterocycles. The third-order valence-electron chi connectivity index (χ3n) is 5.76. The van der Waals surface area contributed by atoms with Crippen LogP contribution in [0.2, 0.25) is 0 Å². The Hall–Kier alpha value is -4.02. The van der Waals surface area contributed by atoms with Crippen LogP contribution < -0.4 is 15.6 Å². The molecule has 0 radical (unpaired) electrons. The smallest absolute Gasteiger partial charge is 0.275 e. The predicted molar refractivity (Wildman–Crippen MR) is 139 cm³/mol. The number of aromatic nitrogens is 2. The summed E-state index contributed by atoms with van der Waals surface area (Å²) in [4.78, 5) is 26.0. The Labute approximate surface area is 209 Å². The first-order chi connectivity index (χ1) is 17.1. The molecule has 9 nitrogen and oxygen atoms in total. The van der Waals surface area contributed by atoms with Gasteiger partial charge in [-0.15, -0.1) is 0 Å². The second-order valence-corrected chi connectivity index (χ2v) is 10.5. The summed E-state index contributed by atoms with van der Waals surface area (Å²) in [7, 11) is 0.785. The van der Waals surface area contributed by atoms with Gasteiger partial charge in [0.25, 0.3) is 5.56 Å². The Morgan fingerprint density at radius 2 is 1.69 bits per heavy atom. The number of nitrogens with one attached hydrogen (secondary N) is 1. The average Bonchev–Trinajstić information content (AvgIpc) is 2.86. The van der Waals surface area contributed by atoms with Gasteiger partial charge in [0.2, 0.25) is 15.9 Å². The number of aryl methyl sites for hydroxylation is 1. The van der Waals surface area contributed by atoms with E-state index in [0.29, 0.717) is 39.0 Å². The van der Waals surface area contributed by atoms with E-state index in [0.717, 1.165) is 8.99 Å². The van der Waals surface area contributed by atoms with Crippen molar-refractivity contribution in [2.45, 2.75) is 18.4 Å². The van der Waals surface area contributed by atoms with Gasteiger partial charge in [-0.25, -0.2) is 17.4 Å². The number of carbonyl (C=O) groups is 1. The summed E-state index contributed by atoms with van der Waals surface area (Å²) in [5, 5.41) is 8.17. The Balaban J connectivity index is 1.78. The highest BCUT2D eigenvalue weighted by Gasteiger charge is 2.22. The number of rotatable bonds is 7. The van der Waals surface area contributed by atoms with E-state index in [1.165, 1.54) is 14.1 Å². The van der Waals surface area contributed by atoms with E-state index < -0.39 is 21.5 Å². The molecule has 1 aromatic heterocycles. The van der Waals surface area contributed by atoms with Crippen molar-refractivity contribution in [3.8, 4) is 17.0 Å². The summed E-state index contributed by atoms with van der Waals surface area (Å²) in [5.74, 6) is 0.217. The van der Waals surface area contributed by atoms with E-state index >= 15 is 0 Å². The van der Waals surface area contributed by atoms with Crippen molar-refractivity contribution in [1.82, 2.24) is 14.1 Å². The van der Waals surface area contributed by atoms with E-state index in [9.17, 15) is 18.0 Å². The molecular formula is C26H26N4O5S. The Morgan fingerprint density at radius 1 is 1.03 bits per heavy atom. The number of methoxy groups -OCH3 is 1. The van der Waals surface area contributed by atoms with Crippen molar-refractivity contribution in [2.24, 2.45) is 0 Å². The molecule has 3 aromatic carbocycles. The number of hydrogen-bond acceptors (Lipinski definition) is 6. The molecule has 1 amide bonds. The summed E-state index contributed by atoms with van der Waals surface area (Å²) in [6.45, 7) is 1.40. The largest absolute Gasteiger partial charge is 0.497 e. The molecule has 4 aromatic rings. The van der Waals surface area contributed by atoms with Gasteiger partial charge in [0.1, 0.15) is 12.3 Å². The van der Waals surface area contributed by atoms with Gasteiger partial charge in [0.05, 0.1) is 23.1 Å². The zero-order valence-electron chi connectivity index (χ0n) is 20.3. The zero-order chi connectivity index (χ0) is 26.0. The molecule has 0 saturated carbocycles. The number of anilines is 1. The molecule has 36 heavy (non-hydrogen) atoms. The lowest BCUT2D eigenvalue weighted by molar-refractivity contribution is -0.117. The fourth-order valence-electron chi connectivity index (χ4n) is 3.79. The lowest BCUT2D eigenvalue weighted by Crippen LogP contribution is -2.30. The van der Waals surface area contributed by atoms with Gasteiger partial charge >= 0.3 is 0 Å². The highest BCUT2D eigenvalue weighted by atomic mass is 32.2. The van der Waals surface area contributed by atoms with Crippen molar-refractivity contribution in [3.63, 3.8) is 0 Å². The van der Waals surface area contributed by atoms with E-state index in [4.69, 9.17) is 4.74 Å². The first kappa shape index (κ1) is 25.1. The van der Waals surface area contributed by atoms with E-state index in [-0.39, 0.29) is 11.4 Å². The minimum Gasteiger partial charge on any atom is -0.497 e. The van der Waals surface area contributed by atoms with Crippen molar-refractivity contribution >= 4 is 32.4 Å². The van der Waals surface area contributed by atoms with E-state index in [1.807, 2.05) is 0 Å². The summed E-state index contributed by atoms with van der Waals surface area (Å²) < 4.78 is 33.1. The monoisotopic (exact) mass is 506 g/mol. The number of amides is 1. The Bertz CT molecular complexity index is 1610. The van der Waals surface area contributed by atoms with Crippen LogP contribution in [0.1, 0.15) is 5.56 Å². The van der Waals surface area contributed by atoms with Crippen LogP contribution in [0.3, 0.4) is 0 Å². The number of ether oxygens (including phenoxy) is 1. The maximum Gasteiger partial charge on any atom is 0.275 e. The molecular weight excluding hydrogens is 480 g/mol. The van der Waals surface area contributed by atoms with Crippen molar-refractivity contribution < 1.29 is 17.9 Å². The van der Waals surface area contributed by atoms with Crippen molar-refractivity contribution in [3.05, 3.63) is 82.6 Å². The molecule has 186 valence electrons. The molecule has 0 aliphatic carbocycles. The predicted octanol–water partition coefficient (Wildman–Crippen LogP) is 3.27. The molecule has 1 N–H and O–H groups in total. The molecule has 0 fully saturated rings. The molecule has 0 bridgehead atoms. The molecule has 0 spiro atoms. The number of sulfonamides is 1. The Kier molecular flexibility index (Phi) is 6.91. The molecule has 0 unspecified atom stereocenters. The standard InChI is InChI=1S/C26H26N4O5S/c1-17-9-10-18(15-23(17)36(33,34)29(2)3)25-21-7-5-6-8-22(21)26(32)30(28-25)16-24(31)27-19-11-13-20(35-4)14-12-19/h5-15H,16H2,1-4H3,(H,27,31). The Morgan fingerprint density at radius 3 is 2.33 bits per heavy atom. The molecule has 0 aliphatic heterocycles. The minimum absolute atomic E-state index is 0.144. The van der Waals surface area contributed by atoms with Gasteiger partial charge < -0.3 is 10.1 Å². The lowest BCUT2D eigenvalue weighted by atomic mass is 10.0. The van der Waals surface area contributed by atoms with Crippen LogP contribution in [0, 0.1) is 6.92 Å². The van der Waals surface area contributed by atoms with Gasteiger partial charge in [0.15, 0.2) is 0 Å². The van der Waals surface area contributed by atoms with Crippen LogP contribution in [-0.4, -0.2) is 49.6 Å². The normalized spacial score (nSPS) is 11.6. The molecule has 4 rings (SSSR count). The number of nitrogens with zero attached hydrogens (tertiary/aromatic N) is 3. The molecule has 0 saturated heterocycles. The van der Waals surface area contributed by atoms with Crippen LogP contribution in [-0.2, 0) is 21.4 Å². The van der Waals surface area contributed by atoms with E-state index in [1.54, 1.807) is 80.8 Å². The second-order valence-electron chi connectivity index (χ2n) is 8.40. The average molecular weight is 507 g/mol. The van der Waals surface area contributed by atoms with Crippen LogP contribution in [0.4, 0.5) is 5.69 Å².